The molecular formula is C23H31N3O2S. The van der Waals surface area contributed by atoms with Gasteiger partial charge in [-0.2, -0.15) is 0 Å². The number of thiocarbonyl (C=S) groups is 1. The van der Waals surface area contributed by atoms with Crippen LogP contribution in [0, 0.1) is 6.92 Å². The fourth-order valence-electron chi connectivity index (χ4n) is 4.54. The number of fused-ring (bicyclic) bond motifs is 1. The third-order valence-corrected chi connectivity index (χ3v) is 6.58. The summed E-state index contributed by atoms with van der Waals surface area (Å²) in [6, 6.07) is 8.53. The second-order valence-electron chi connectivity index (χ2n) is 8.46. The molecule has 1 aliphatic heterocycles. The summed E-state index contributed by atoms with van der Waals surface area (Å²) in [6.07, 6.45) is 8.45. The quantitative estimate of drug-likeness (QED) is 0.725. The number of nitrogens with zero attached hydrogens (tertiary/aromatic N) is 1. The van der Waals surface area contributed by atoms with Gasteiger partial charge in [-0.25, -0.2) is 0 Å². The molecule has 2 aromatic rings. The molecule has 5 nitrogen and oxygen atoms in total. The fraction of sp³-hybridized carbons (Fsp3) is 0.565. The van der Waals surface area contributed by atoms with Crippen molar-refractivity contribution in [3.8, 4) is 0 Å². The summed E-state index contributed by atoms with van der Waals surface area (Å²) >= 11 is 5.80. The number of nitrogens with one attached hydrogen (secondary N) is 2. The van der Waals surface area contributed by atoms with Crippen molar-refractivity contribution in [1.29, 1.82) is 0 Å². The van der Waals surface area contributed by atoms with Crippen molar-refractivity contribution in [1.82, 2.24) is 15.2 Å². The van der Waals surface area contributed by atoms with Crippen molar-refractivity contribution in [2.45, 2.75) is 70.6 Å². The van der Waals surface area contributed by atoms with E-state index in [0.717, 1.165) is 60.4 Å². The van der Waals surface area contributed by atoms with Gasteiger partial charge in [-0.15, -0.1) is 0 Å². The van der Waals surface area contributed by atoms with Crippen LogP contribution >= 0.6 is 12.2 Å². The smallest absolute Gasteiger partial charge is 0.253 e. The molecule has 0 unspecified atom stereocenters. The van der Waals surface area contributed by atoms with E-state index in [1.807, 2.05) is 18.2 Å². The number of benzene rings is 1. The number of aryl methyl sites for hydroxylation is 1. The van der Waals surface area contributed by atoms with Gasteiger partial charge in [0.05, 0.1) is 12.6 Å². The Morgan fingerprint density at radius 2 is 2.03 bits per heavy atom. The predicted octanol–water partition coefficient (Wildman–Crippen LogP) is 4.02. The lowest BCUT2D eigenvalue weighted by Gasteiger charge is -2.36. The van der Waals surface area contributed by atoms with Crippen molar-refractivity contribution < 1.29 is 4.74 Å². The van der Waals surface area contributed by atoms with Crippen LogP contribution in [-0.4, -0.2) is 40.3 Å². The van der Waals surface area contributed by atoms with Gasteiger partial charge in [-0.3, -0.25) is 4.79 Å². The summed E-state index contributed by atoms with van der Waals surface area (Å²) in [6.45, 7) is 4.20. The average molecular weight is 414 g/mol. The minimum atomic E-state index is -0.0240. The Bertz CT molecular complexity index is 914. The summed E-state index contributed by atoms with van der Waals surface area (Å²) in [5, 5.41) is 5.25. The second kappa shape index (κ2) is 9.26. The maximum absolute atomic E-state index is 12.8. The zero-order valence-corrected chi connectivity index (χ0v) is 18.0. The van der Waals surface area contributed by atoms with Gasteiger partial charge in [-0.05, 0) is 68.4 Å². The minimum absolute atomic E-state index is 0.0240. The molecule has 0 spiro atoms. The molecule has 2 aliphatic rings. The van der Waals surface area contributed by atoms with Crippen molar-refractivity contribution in [3.05, 3.63) is 45.7 Å². The Morgan fingerprint density at radius 1 is 1.21 bits per heavy atom. The van der Waals surface area contributed by atoms with Gasteiger partial charge in [0.2, 0.25) is 0 Å². The number of pyridine rings is 1. The van der Waals surface area contributed by atoms with Crippen LogP contribution in [0.1, 0.15) is 56.1 Å². The van der Waals surface area contributed by atoms with Crippen LogP contribution in [0.15, 0.2) is 29.1 Å². The second-order valence-corrected chi connectivity index (χ2v) is 8.84. The van der Waals surface area contributed by atoms with Gasteiger partial charge in [0, 0.05) is 30.3 Å². The normalized spacial score (nSPS) is 20.1. The van der Waals surface area contributed by atoms with Crippen LogP contribution < -0.4 is 10.9 Å². The van der Waals surface area contributed by atoms with E-state index in [0.29, 0.717) is 12.6 Å². The number of H-pyrrole nitrogens is 1. The molecule has 29 heavy (non-hydrogen) atoms. The van der Waals surface area contributed by atoms with Crippen LogP contribution in [0.2, 0.25) is 0 Å². The fourth-order valence-corrected chi connectivity index (χ4v) is 4.84. The molecule has 1 aromatic carbocycles. The van der Waals surface area contributed by atoms with Gasteiger partial charge < -0.3 is 19.9 Å². The molecule has 2 heterocycles. The van der Waals surface area contributed by atoms with Crippen LogP contribution in [0.4, 0.5) is 0 Å². The van der Waals surface area contributed by atoms with Crippen molar-refractivity contribution in [2.24, 2.45) is 0 Å². The summed E-state index contributed by atoms with van der Waals surface area (Å²) in [5.74, 6) is 0. The summed E-state index contributed by atoms with van der Waals surface area (Å²) < 4.78 is 5.73. The molecule has 4 rings (SSSR count). The largest absolute Gasteiger partial charge is 0.376 e. The Morgan fingerprint density at radius 3 is 2.79 bits per heavy atom. The van der Waals surface area contributed by atoms with E-state index in [-0.39, 0.29) is 11.7 Å². The number of rotatable bonds is 5. The van der Waals surface area contributed by atoms with E-state index < -0.39 is 0 Å². The number of hydrogen-bond acceptors (Lipinski definition) is 3. The van der Waals surface area contributed by atoms with Crippen molar-refractivity contribution in [2.75, 3.05) is 13.2 Å². The van der Waals surface area contributed by atoms with Gasteiger partial charge in [-0.1, -0.05) is 30.9 Å². The van der Waals surface area contributed by atoms with Gasteiger partial charge in [0.25, 0.3) is 5.56 Å². The molecule has 156 valence electrons. The molecule has 1 saturated heterocycles. The maximum Gasteiger partial charge on any atom is 0.253 e. The third-order valence-electron chi connectivity index (χ3n) is 6.20. The highest BCUT2D eigenvalue weighted by Gasteiger charge is 2.25. The Kier molecular flexibility index (Phi) is 6.50. The van der Waals surface area contributed by atoms with Crippen LogP contribution in [-0.2, 0) is 11.3 Å². The van der Waals surface area contributed by atoms with E-state index in [1.54, 1.807) is 0 Å². The van der Waals surface area contributed by atoms with Crippen LogP contribution in [0.5, 0.6) is 0 Å². The third kappa shape index (κ3) is 4.98. The average Bonchev–Trinajstić information content (AvgIpc) is 3.25. The summed E-state index contributed by atoms with van der Waals surface area (Å²) in [7, 11) is 0. The molecule has 0 bridgehead atoms. The lowest BCUT2D eigenvalue weighted by atomic mass is 9.94. The van der Waals surface area contributed by atoms with Gasteiger partial charge in [0.1, 0.15) is 0 Å². The number of ether oxygens (including phenoxy) is 1. The van der Waals surface area contributed by atoms with Crippen LogP contribution in [0.25, 0.3) is 10.9 Å². The van der Waals surface area contributed by atoms with E-state index in [9.17, 15) is 4.79 Å². The Balaban J connectivity index is 1.55. The molecule has 1 aliphatic carbocycles. The standard InChI is InChI=1S/C23H31N3O2S/c1-16-9-10-21-17(12-16)13-18(22(27)25-21)15-26(19-6-3-2-4-7-19)23(29)24-14-20-8-5-11-28-20/h9-10,12-13,19-20H,2-8,11,14-15H2,1H3,(H,24,29)(H,25,27)/t20-/m1/s1. The highest BCUT2D eigenvalue weighted by molar-refractivity contribution is 7.80. The monoisotopic (exact) mass is 413 g/mol. The molecule has 6 heteroatoms. The van der Waals surface area contributed by atoms with Gasteiger partial charge >= 0.3 is 0 Å². The summed E-state index contributed by atoms with van der Waals surface area (Å²) in [4.78, 5) is 18.0. The minimum Gasteiger partial charge on any atom is -0.376 e. The lowest BCUT2D eigenvalue weighted by Crippen LogP contribution is -2.48. The zero-order chi connectivity index (χ0) is 20.2. The molecule has 2 fully saturated rings. The maximum atomic E-state index is 12.8. The molecule has 0 amide bonds. The number of aromatic nitrogens is 1. The Hall–Kier alpha value is -1.92. The molecule has 1 aromatic heterocycles. The lowest BCUT2D eigenvalue weighted by molar-refractivity contribution is 0.112. The van der Waals surface area contributed by atoms with E-state index in [2.05, 4.69) is 28.2 Å². The molecular weight excluding hydrogens is 382 g/mol. The molecule has 0 radical (unpaired) electrons. The first-order valence-corrected chi connectivity index (χ1v) is 11.3. The number of aromatic amines is 1. The zero-order valence-electron chi connectivity index (χ0n) is 17.2. The predicted molar refractivity (Wildman–Crippen MR) is 121 cm³/mol. The van der Waals surface area contributed by atoms with E-state index in [4.69, 9.17) is 17.0 Å². The topological polar surface area (TPSA) is 57.4 Å². The highest BCUT2D eigenvalue weighted by atomic mass is 32.1. The van der Waals surface area contributed by atoms with E-state index >= 15 is 0 Å². The first kappa shape index (κ1) is 20.4. The van der Waals surface area contributed by atoms with Crippen molar-refractivity contribution in [3.63, 3.8) is 0 Å². The molecule has 1 saturated carbocycles. The van der Waals surface area contributed by atoms with Crippen LogP contribution in [0.3, 0.4) is 0 Å². The SMILES string of the molecule is Cc1ccc2[nH]c(=O)c(CN(C(=S)NC[C@H]3CCCO3)C3CCCCC3)cc2c1. The Labute approximate surface area is 177 Å². The highest BCUT2D eigenvalue weighted by Crippen LogP contribution is 2.24. The number of hydrogen-bond donors (Lipinski definition) is 2. The van der Waals surface area contributed by atoms with E-state index in [1.165, 1.54) is 24.8 Å². The first-order chi connectivity index (χ1) is 14.1. The molecule has 2 N–H and O–H groups in total. The molecule has 1 atom stereocenters. The first-order valence-electron chi connectivity index (χ1n) is 10.9. The van der Waals surface area contributed by atoms with Gasteiger partial charge in [0.15, 0.2) is 5.11 Å². The van der Waals surface area contributed by atoms with Crippen molar-refractivity contribution >= 4 is 28.2 Å². The summed E-state index contributed by atoms with van der Waals surface area (Å²) in [5.41, 5.74) is 2.82.